The van der Waals surface area contributed by atoms with E-state index in [1.807, 2.05) is 0 Å². The Morgan fingerprint density at radius 3 is 2.25 bits per heavy atom. The summed E-state index contributed by atoms with van der Waals surface area (Å²) in [6, 6.07) is 4.97. The van der Waals surface area contributed by atoms with E-state index in [0.717, 1.165) is 0 Å². The number of hydrogen-bond donors (Lipinski definition) is 2. The normalized spacial score (nSPS) is 13.0. The van der Waals surface area contributed by atoms with Gasteiger partial charge in [0.25, 0.3) is 5.92 Å². The molecule has 3 N–H and O–H groups in total. The van der Waals surface area contributed by atoms with Gasteiger partial charge in [-0.2, -0.15) is 0 Å². The maximum Gasteiger partial charge on any atom is 0.273 e. The van der Waals surface area contributed by atoms with Crippen LogP contribution < -0.4 is 15.2 Å². The fourth-order valence-corrected chi connectivity index (χ4v) is 3.19. The van der Waals surface area contributed by atoms with Crippen LogP contribution in [0.2, 0.25) is 0 Å². The van der Waals surface area contributed by atoms with Gasteiger partial charge in [0, 0.05) is 5.75 Å². The Hall–Kier alpha value is -1.30. The Balaban J connectivity index is 2.66. The van der Waals surface area contributed by atoms with Gasteiger partial charge in [0.05, 0.1) is 23.7 Å². The van der Waals surface area contributed by atoms with E-state index in [1.165, 1.54) is 31.2 Å². The van der Waals surface area contributed by atoms with E-state index >= 15 is 0 Å². The Labute approximate surface area is 140 Å². The molecular formula is C13H20F2N2O5S2. The first-order valence-electron chi connectivity index (χ1n) is 7.02. The molecule has 11 heteroatoms. The first-order valence-corrected chi connectivity index (χ1v) is 10.3. The van der Waals surface area contributed by atoms with Crippen molar-refractivity contribution in [1.82, 2.24) is 4.72 Å². The maximum atomic E-state index is 13.0. The minimum absolute atomic E-state index is 0.00659. The van der Waals surface area contributed by atoms with Gasteiger partial charge in [-0.1, -0.05) is 6.92 Å². The standard InChI is InChI=1S/C13H20F2N2O5S2/c1-2-23(18,19)8-7-22-11-3-5-12(6-4-11)24(20,21)17-10-13(14,15)9-16/h3-6,17H,2,7-10,16H2,1H3. The summed E-state index contributed by atoms with van der Waals surface area (Å²) in [4.78, 5) is -0.219. The highest BCUT2D eigenvalue weighted by atomic mass is 32.2. The van der Waals surface area contributed by atoms with Gasteiger partial charge in [0.15, 0.2) is 9.84 Å². The summed E-state index contributed by atoms with van der Waals surface area (Å²) < 4.78 is 79.4. The van der Waals surface area contributed by atoms with Gasteiger partial charge in [-0.05, 0) is 24.3 Å². The summed E-state index contributed by atoms with van der Waals surface area (Å²) in [7, 11) is -7.26. The zero-order valence-corrected chi connectivity index (χ0v) is 14.7. The SMILES string of the molecule is CCS(=O)(=O)CCOc1ccc(S(=O)(=O)NCC(F)(F)CN)cc1. The molecule has 7 nitrogen and oxygen atoms in total. The van der Waals surface area contributed by atoms with Gasteiger partial charge >= 0.3 is 0 Å². The van der Waals surface area contributed by atoms with Crippen molar-refractivity contribution in [2.75, 3.05) is 31.2 Å². The average molecular weight is 386 g/mol. The second-order valence-electron chi connectivity index (χ2n) is 4.94. The molecule has 0 radical (unpaired) electrons. The molecular weight excluding hydrogens is 366 g/mol. The van der Waals surface area contributed by atoms with Crippen molar-refractivity contribution >= 4 is 19.9 Å². The Morgan fingerprint density at radius 2 is 1.75 bits per heavy atom. The zero-order chi connectivity index (χ0) is 18.4. The fraction of sp³-hybridized carbons (Fsp3) is 0.538. The molecule has 0 bridgehead atoms. The number of rotatable bonds is 10. The molecule has 0 heterocycles. The van der Waals surface area contributed by atoms with Crippen LogP contribution in [0.1, 0.15) is 6.92 Å². The minimum Gasteiger partial charge on any atom is -0.493 e. The highest BCUT2D eigenvalue weighted by Gasteiger charge is 2.29. The molecule has 0 amide bonds. The summed E-state index contributed by atoms with van der Waals surface area (Å²) in [6.45, 7) is -0.610. The van der Waals surface area contributed by atoms with Crippen LogP contribution >= 0.6 is 0 Å². The van der Waals surface area contributed by atoms with Gasteiger partial charge in [0.1, 0.15) is 12.4 Å². The summed E-state index contributed by atoms with van der Waals surface area (Å²) in [5.41, 5.74) is 4.84. The quantitative estimate of drug-likeness (QED) is 0.600. The monoisotopic (exact) mass is 386 g/mol. The third-order valence-corrected chi connectivity index (χ3v) is 6.14. The number of ether oxygens (including phenoxy) is 1. The molecule has 0 fully saturated rings. The van der Waals surface area contributed by atoms with Crippen molar-refractivity contribution in [3.8, 4) is 5.75 Å². The molecule has 0 aromatic heterocycles. The van der Waals surface area contributed by atoms with Gasteiger partial charge < -0.3 is 10.5 Å². The lowest BCUT2D eigenvalue weighted by molar-refractivity contribution is 0.0170. The molecule has 138 valence electrons. The van der Waals surface area contributed by atoms with Gasteiger partial charge in [-0.15, -0.1) is 0 Å². The minimum atomic E-state index is -4.11. The third kappa shape index (κ3) is 6.67. The van der Waals surface area contributed by atoms with Gasteiger partial charge in [0.2, 0.25) is 10.0 Å². The van der Waals surface area contributed by atoms with Crippen LogP contribution in [-0.2, 0) is 19.9 Å². The van der Waals surface area contributed by atoms with Crippen molar-refractivity contribution in [2.45, 2.75) is 17.7 Å². The lowest BCUT2D eigenvalue weighted by atomic mass is 10.3. The molecule has 24 heavy (non-hydrogen) atoms. The first-order chi connectivity index (χ1) is 11.0. The third-order valence-electron chi connectivity index (χ3n) is 3.06. The number of hydrogen-bond acceptors (Lipinski definition) is 6. The van der Waals surface area contributed by atoms with Crippen molar-refractivity contribution < 1.29 is 30.4 Å². The number of nitrogens with one attached hydrogen (secondary N) is 1. The second kappa shape index (κ2) is 8.19. The van der Waals surface area contributed by atoms with E-state index in [4.69, 9.17) is 10.5 Å². The molecule has 0 spiro atoms. The maximum absolute atomic E-state index is 13.0. The number of benzene rings is 1. The van der Waals surface area contributed by atoms with Crippen LogP contribution in [0.25, 0.3) is 0 Å². The first kappa shape index (κ1) is 20.7. The summed E-state index contributed by atoms with van der Waals surface area (Å²) in [6.07, 6.45) is 0. The Kier molecular flexibility index (Phi) is 7.08. The van der Waals surface area contributed by atoms with Crippen LogP contribution in [0.15, 0.2) is 29.2 Å². The molecule has 1 aromatic carbocycles. The Bertz CT molecular complexity index is 734. The van der Waals surface area contributed by atoms with Crippen LogP contribution in [-0.4, -0.2) is 54.0 Å². The molecule has 0 saturated heterocycles. The summed E-state index contributed by atoms with van der Waals surface area (Å²) >= 11 is 0. The van der Waals surface area contributed by atoms with Crippen LogP contribution in [0, 0.1) is 0 Å². The lowest BCUT2D eigenvalue weighted by Gasteiger charge is -2.15. The number of nitrogens with two attached hydrogens (primary N) is 1. The molecule has 1 rings (SSSR count). The molecule has 0 saturated carbocycles. The van der Waals surface area contributed by atoms with E-state index in [1.54, 1.807) is 4.72 Å². The molecule has 0 atom stereocenters. The van der Waals surface area contributed by atoms with E-state index in [-0.39, 0.29) is 28.8 Å². The van der Waals surface area contributed by atoms with Crippen LogP contribution in [0.4, 0.5) is 8.78 Å². The number of alkyl halides is 2. The van der Waals surface area contributed by atoms with E-state index < -0.39 is 38.9 Å². The molecule has 1 aromatic rings. The average Bonchev–Trinajstić information content (AvgIpc) is 2.54. The smallest absolute Gasteiger partial charge is 0.273 e. The number of sulfonamides is 1. The number of halogens is 2. The highest BCUT2D eigenvalue weighted by Crippen LogP contribution is 2.17. The van der Waals surface area contributed by atoms with Crippen LogP contribution in [0.5, 0.6) is 5.75 Å². The summed E-state index contributed by atoms with van der Waals surface area (Å²) in [5.74, 6) is -3.21. The predicted octanol–water partition coefficient (Wildman–Crippen LogP) is 0.372. The Morgan fingerprint density at radius 1 is 1.17 bits per heavy atom. The summed E-state index contributed by atoms with van der Waals surface area (Å²) in [5, 5.41) is 0. The predicted molar refractivity (Wildman–Crippen MR) is 85.5 cm³/mol. The van der Waals surface area contributed by atoms with Crippen molar-refractivity contribution in [3.05, 3.63) is 24.3 Å². The van der Waals surface area contributed by atoms with E-state index in [9.17, 15) is 25.6 Å². The highest BCUT2D eigenvalue weighted by molar-refractivity contribution is 7.91. The molecule has 0 aliphatic carbocycles. The van der Waals surface area contributed by atoms with E-state index in [0.29, 0.717) is 0 Å². The van der Waals surface area contributed by atoms with Gasteiger partial charge in [-0.25, -0.2) is 30.3 Å². The van der Waals surface area contributed by atoms with Crippen molar-refractivity contribution in [2.24, 2.45) is 5.73 Å². The molecule has 0 unspecified atom stereocenters. The van der Waals surface area contributed by atoms with Crippen molar-refractivity contribution in [1.29, 1.82) is 0 Å². The topological polar surface area (TPSA) is 116 Å². The zero-order valence-electron chi connectivity index (χ0n) is 13.0. The van der Waals surface area contributed by atoms with Crippen molar-refractivity contribution in [3.63, 3.8) is 0 Å². The second-order valence-corrected chi connectivity index (χ2v) is 9.18. The van der Waals surface area contributed by atoms with Crippen LogP contribution in [0.3, 0.4) is 0 Å². The van der Waals surface area contributed by atoms with Gasteiger partial charge in [-0.3, -0.25) is 0 Å². The number of sulfone groups is 1. The largest absolute Gasteiger partial charge is 0.493 e. The fourth-order valence-electron chi connectivity index (χ4n) is 1.50. The molecule has 0 aliphatic rings. The lowest BCUT2D eigenvalue weighted by Crippen LogP contribution is -2.41. The van der Waals surface area contributed by atoms with E-state index in [2.05, 4.69) is 0 Å². The molecule has 0 aliphatic heterocycles.